The van der Waals surface area contributed by atoms with Crippen LogP contribution in [0.25, 0.3) is 0 Å². The van der Waals surface area contributed by atoms with Crippen molar-refractivity contribution in [1.29, 1.82) is 0 Å². The number of hydrogen-bond donors (Lipinski definition) is 0. The van der Waals surface area contributed by atoms with E-state index in [9.17, 15) is 9.59 Å². The molecule has 1 aliphatic heterocycles. The van der Waals surface area contributed by atoms with Crippen molar-refractivity contribution < 1.29 is 9.59 Å². The summed E-state index contributed by atoms with van der Waals surface area (Å²) < 4.78 is 1.51. The van der Waals surface area contributed by atoms with E-state index in [1.807, 2.05) is 6.07 Å². The fraction of sp³-hybridized carbons (Fsp3) is 0.222. The lowest BCUT2D eigenvalue weighted by Gasteiger charge is -2.27. The molecule has 3 nitrogen and oxygen atoms in total. The summed E-state index contributed by atoms with van der Waals surface area (Å²) in [5.41, 5.74) is 2.85. The summed E-state index contributed by atoms with van der Waals surface area (Å²) in [5.74, 6) is -0.158. The van der Waals surface area contributed by atoms with Crippen LogP contribution in [0.1, 0.15) is 44.7 Å². The number of nitrogens with zero attached hydrogens (tertiary/aromatic N) is 1. The number of rotatable bonds is 1. The van der Waals surface area contributed by atoms with Crippen molar-refractivity contribution in [1.82, 2.24) is 0 Å². The van der Waals surface area contributed by atoms with E-state index < -0.39 is 0 Å². The van der Waals surface area contributed by atoms with Crippen molar-refractivity contribution in [3.05, 3.63) is 61.5 Å². The average molecular weight is 435 g/mol. The van der Waals surface area contributed by atoms with Crippen LogP contribution in [0.4, 0.5) is 5.69 Å². The smallest absolute Gasteiger partial charge is 0.196 e. The second kappa shape index (κ2) is 5.56. The minimum absolute atomic E-state index is 0.0703. The molecule has 2 aliphatic rings. The van der Waals surface area contributed by atoms with Crippen LogP contribution in [0.15, 0.2) is 39.3 Å². The molecular weight excluding hydrogens is 422 g/mol. The topological polar surface area (TPSA) is 37.4 Å². The fourth-order valence-electron chi connectivity index (χ4n) is 3.45. The maximum absolute atomic E-state index is 13.1. The van der Waals surface area contributed by atoms with Gasteiger partial charge in [0.15, 0.2) is 11.6 Å². The molecule has 0 bridgehead atoms. The number of hydrogen-bond acceptors (Lipinski definition) is 3. The highest BCUT2D eigenvalue weighted by atomic mass is 79.9. The number of benzene rings is 2. The minimum atomic E-state index is -0.0879. The van der Waals surface area contributed by atoms with E-state index in [0.717, 1.165) is 36.1 Å². The molecule has 0 radical (unpaired) electrons. The Hall–Kier alpha value is -1.46. The van der Waals surface area contributed by atoms with E-state index in [1.165, 1.54) is 0 Å². The number of carbonyl (C=O) groups excluding carboxylic acids is 2. The summed E-state index contributed by atoms with van der Waals surface area (Å²) in [6.45, 7) is 1.82. The summed E-state index contributed by atoms with van der Waals surface area (Å²) >= 11 is 7.06. The van der Waals surface area contributed by atoms with Gasteiger partial charge in [-0.05, 0) is 50.8 Å². The molecule has 1 saturated heterocycles. The van der Waals surface area contributed by atoms with E-state index >= 15 is 0 Å². The first kappa shape index (κ1) is 15.1. The lowest BCUT2D eigenvalue weighted by Crippen LogP contribution is -2.27. The summed E-state index contributed by atoms with van der Waals surface area (Å²) in [7, 11) is 0. The molecule has 23 heavy (non-hydrogen) atoms. The van der Waals surface area contributed by atoms with Crippen LogP contribution >= 0.6 is 31.9 Å². The summed E-state index contributed by atoms with van der Waals surface area (Å²) in [5, 5.41) is 0. The zero-order valence-corrected chi connectivity index (χ0v) is 15.4. The Morgan fingerprint density at radius 2 is 1.39 bits per heavy atom. The van der Waals surface area contributed by atoms with Crippen molar-refractivity contribution in [2.24, 2.45) is 0 Å². The predicted molar refractivity (Wildman–Crippen MR) is 96.6 cm³/mol. The van der Waals surface area contributed by atoms with Crippen molar-refractivity contribution in [3.8, 4) is 0 Å². The van der Waals surface area contributed by atoms with E-state index in [1.54, 1.807) is 24.3 Å². The van der Waals surface area contributed by atoms with E-state index in [0.29, 0.717) is 26.7 Å². The Bertz CT molecular complexity index is 854. The summed E-state index contributed by atoms with van der Waals surface area (Å²) in [4.78, 5) is 28.3. The SMILES string of the molecule is O=C1c2ccccc2C(=O)c2c1c(Br)cc(Br)c2N1CCCC1. The highest BCUT2D eigenvalue weighted by Gasteiger charge is 2.36. The predicted octanol–water partition coefficient (Wildman–Crippen LogP) is 4.59. The third kappa shape index (κ3) is 2.21. The maximum Gasteiger partial charge on any atom is 0.196 e. The Balaban J connectivity index is 2.03. The second-order valence-electron chi connectivity index (χ2n) is 5.84. The van der Waals surface area contributed by atoms with E-state index in [2.05, 4.69) is 36.8 Å². The van der Waals surface area contributed by atoms with Crippen LogP contribution in [-0.4, -0.2) is 24.7 Å². The van der Waals surface area contributed by atoms with Gasteiger partial charge in [-0.1, -0.05) is 24.3 Å². The van der Waals surface area contributed by atoms with Crippen LogP contribution in [0, 0.1) is 0 Å². The quantitative estimate of drug-likeness (QED) is 0.562. The monoisotopic (exact) mass is 433 g/mol. The molecule has 0 unspecified atom stereocenters. The van der Waals surface area contributed by atoms with Gasteiger partial charge in [-0.15, -0.1) is 0 Å². The molecule has 1 fully saturated rings. The van der Waals surface area contributed by atoms with Gasteiger partial charge >= 0.3 is 0 Å². The molecule has 5 heteroatoms. The minimum Gasteiger partial charge on any atom is -0.370 e. The van der Waals surface area contributed by atoms with Gasteiger partial charge in [0.25, 0.3) is 0 Å². The Morgan fingerprint density at radius 3 is 2.00 bits per heavy atom. The Labute approximate surface area is 150 Å². The molecule has 0 spiro atoms. The molecule has 0 aromatic heterocycles. The van der Waals surface area contributed by atoms with Gasteiger partial charge in [0.2, 0.25) is 0 Å². The zero-order valence-electron chi connectivity index (χ0n) is 12.2. The van der Waals surface area contributed by atoms with Gasteiger partial charge in [0.1, 0.15) is 0 Å². The second-order valence-corrected chi connectivity index (χ2v) is 7.55. The number of ketones is 2. The van der Waals surface area contributed by atoms with Gasteiger partial charge in [0, 0.05) is 33.2 Å². The third-order valence-electron chi connectivity index (χ3n) is 4.50. The number of anilines is 1. The molecule has 1 aliphatic carbocycles. The van der Waals surface area contributed by atoms with E-state index in [4.69, 9.17) is 0 Å². The zero-order chi connectivity index (χ0) is 16.1. The molecule has 0 amide bonds. The number of fused-ring (bicyclic) bond motifs is 2. The van der Waals surface area contributed by atoms with Crippen LogP contribution in [0.2, 0.25) is 0 Å². The van der Waals surface area contributed by atoms with Crippen molar-refractivity contribution in [2.45, 2.75) is 12.8 Å². The third-order valence-corrected chi connectivity index (χ3v) is 5.73. The van der Waals surface area contributed by atoms with Gasteiger partial charge in [0.05, 0.1) is 16.8 Å². The highest BCUT2D eigenvalue weighted by Crippen LogP contribution is 2.43. The van der Waals surface area contributed by atoms with Crippen molar-refractivity contribution in [3.63, 3.8) is 0 Å². The van der Waals surface area contributed by atoms with Gasteiger partial charge in [-0.3, -0.25) is 9.59 Å². The molecule has 2 aromatic carbocycles. The molecule has 0 atom stereocenters. The average Bonchev–Trinajstić information content (AvgIpc) is 3.06. The molecule has 0 N–H and O–H groups in total. The number of halogens is 2. The first-order chi connectivity index (χ1) is 11.1. The molecule has 2 aromatic rings. The standard InChI is InChI=1S/C18H13Br2NO2/c19-12-9-13(20)16(21-7-3-4-8-21)15-14(12)17(22)10-5-1-2-6-11(10)18(15)23/h1-2,5-6,9H,3-4,7-8H2. The van der Waals surface area contributed by atoms with Gasteiger partial charge in [-0.25, -0.2) is 0 Å². The molecule has 0 saturated carbocycles. The summed E-state index contributed by atoms with van der Waals surface area (Å²) in [6, 6.07) is 8.94. The highest BCUT2D eigenvalue weighted by molar-refractivity contribution is 9.11. The fourth-order valence-corrected chi connectivity index (χ4v) is 5.04. The summed E-state index contributed by atoms with van der Waals surface area (Å²) in [6.07, 6.45) is 2.21. The molecule has 4 rings (SSSR count). The Kier molecular flexibility index (Phi) is 3.65. The van der Waals surface area contributed by atoms with Crippen LogP contribution in [0.5, 0.6) is 0 Å². The van der Waals surface area contributed by atoms with Gasteiger partial charge < -0.3 is 4.90 Å². The van der Waals surface area contributed by atoms with Crippen molar-refractivity contribution >= 4 is 49.1 Å². The molecular formula is C18H13Br2NO2. The van der Waals surface area contributed by atoms with Crippen LogP contribution in [-0.2, 0) is 0 Å². The number of carbonyl (C=O) groups is 2. The van der Waals surface area contributed by atoms with E-state index in [-0.39, 0.29) is 11.6 Å². The Morgan fingerprint density at radius 1 is 0.826 bits per heavy atom. The maximum atomic E-state index is 13.1. The van der Waals surface area contributed by atoms with Crippen LogP contribution < -0.4 is 4.90 Å². The van der Waals surface area contributed by atoms with Gasteiger partial charge in [-0.2, -0.15) is 0 Å². The van der Waals surface area contributed by atoms with Crippen LogP contribution in [0.3, 0.4) is 0 Å². The molecule has 1 heterocycles. The lowest BCUT2D eigenvalue weighted by molar-refractivity contribution is 0.0979. The first-order valence-corrected chi connectivity index (χ1v) is 9.13. The lowest BCUT2D eigenvalue weighted by atomic mass is 9.83. The normalized spacial score (nSPS) is 16.5. The largest absolute Gasteiger partial charge is 0.370 e. The van der Waals surface area contributed by atoms with Crippen molar-refractivity contribution in [2.75, 3.05) is 18.0 Å². The molecule has 116 valence electrons. The first-order valence-electron chi connectivity index (χ1n) is 7.55.